The topological polar surface area (TPSA) is 42.4 Å². The van der Waals surface area contributed by atoms with Gasteiger partial charge >= 0.3 is 5.97 Å². The van der Waals surface area contributed by atoms with Crippen molar-refractivity contribution in [1.82, 2.24) is 9.88 Å². The lowest BCUT2D eigenvalue weighted by Gasteiger charge is -2.31. The van der Waals surface area contributed by atoms with E-state index in [1.165, 1.54) is 12.7 Å². The maximum Gasteiger partial charge on any atom is 0.309 e. The van der Waals surface area contributed by atoms with E-state index in [1.54, 1.807) is 12.4 Å². The third-order valence-corrected chi connectivity index (χ3v) is 3.41. The molecular formula is C14H22N2O2. The van der Waals surface area contributed by atoms with Crippen molar-refractivity contribution < 1.29 is 9.53 Å². The van der Waals surface area contributed by atoms with Crippen LogP contribution in [0.5, 0.6) is 0 Å². The van der Waals surface area contributed by atoms with Gasteiger partial charge in [-0.3, -0.25) is 14.7 Å². The highest BCUT2D eigenvalue weighted by molar-refractivity contribution is 5.72. The van der Waals surface area contributed by atoms with Gasteiger partial charge in [0.25, 0.3) is 0 Å². The van der Waals surface area contributed by atoms with Crippen LogP contribution in [0.2, 0.25) is 0 Å². The normalized spacial score (nSPS) is 14.3. The zero-order chi connectivity index (χ0) is 13.5. The van der Waals surface area contributed by atoms with Crippen molar-refractivity contribution in [3.63, 3.8) is 0 Å². The number of aromatic nitrogens is 1. The molecule has 4 heteroatoms. The van der Waals surface area contributed by atoms with Gasteiger partial charge in [-0.15, -0.1) is 0 Å². The molecule has 0 amide bonds. The van der Waals surface area contributed by atoms with Crippen LogP contribution >= 0.6 is 0 Å². The molecular weight excluding hydrogens is 228 g/mol. The van der Waals surface area contributed by atoms with E-state index in [4.69, 9.17) is 4.74 Å². The average Bonchev–Trinajstić information content (AvgIpc) is 2.43. The van der Waals surface area contributed by atoms with Gasteiger partial charge in [0.2, 0.25) is 0 Å². The molecule has 0 saturated carbocycles. The number of pyridine rings is 1. The fourth-order valence-electron chi connectivity index (χ4n) is 1.97. The number of hydrogen-bond donors (Lipinski definition) is 0. The monoisotopic (exact) mass is 250 g/mol. The molecule has 0 spiro atoms. The fraction of sp³-hybridized carbons (Fsp3) is 0.571. The Labute approximate surface area is 109 Å². The van der Waals surface area contributed by atoms with Crippen molar-refractivity contribution >= 4 is 5.97 Å². The summed E-state index contributed by atoms with van der Waals surface area (Å²) in [6.07, 6.45) is 3.58. The van der Waals surface area contributed by atoms with E-state index < -0.39 is 0 Å². The number of ether oxygens (including phenoxy) is 1. The van der Waals surface area contributed by atoms with Gasteiger partial charge in [-0.2, -0.15) is 0 Å². The maximum atomic E-state index is 11.6. The van der Waals surface area contributed by atoms with Crippen molar-refractivity contribution in [2.24, 2.45) is 5.92 Å². The minimum atomic E-state index is -0.157. The molecule has 0 bridgehead atoms. The molecule has 1 rings (SSSR count). The minimum Gasteiger partial charge on any atom is -0.469 e. The van der Waals surface area contributed by atoms with E-state index in [9.17, 15) is 4.79 Å². The minimum absolute atomic E-state index is 0.128. The number of rotatable bonds is 6. The lowest BCUT2D eigenvalue weighted by atomic mass is 10.0. The number of methoxy groups -OCH3 is 1. The summed E-state index contributed by atoms with van der Waals surface area (Å²) in [5.74, 6) is -0.285. The van der Waals surface area contributed by atoms with Gasteiger partial charge in [0, 0.05) is 25.0 Å². The van der Waals surface area contributed by atoms with Gasteiger partial charge in [0.1, 0.15) is 0 Å². The molecule has 0 saturated heterocycles. The molecule has 0 aliphatic rings. The van der Waals surface area contributed by atoms with Crippen molar-refractivity contribution in [3.05, 3.63) is 30.1 Å². The van der Waals surface area contributed by atoms with Crippen LogP contribution in [-0.2, 0) is 16.1 Å². The summed E-state index contributed by atoms with van der Waals surface area (Å²) < 4.78 is 4.80. The third kappa shape index (κ3) is 3.81. The molecule has 0 N–H and O–H groups in total. The summed E-state index contributed by atoms with van der Waals surface area (Å²) in [6.45, 7) is 7.78. The van der Waals surface area contributed by atoms with E-state index in [0.29, 0.717) is 0 Å². The molecule has 0 aromatic carbocycles. The molecule has 0 fully saturated rings. The summed E-state index contributed by atoms with van der Waals surface area (Å²) in [6, 6.07) is 4.15. The lowest BCUT2D eigenvalue weighted by molar-refractivity contribution is -0.147. The molecule has 0 radical (unpaired) electrons. The van der Waals surface area contributed by atoms with E-state index in [-0.39, 0.29) is 17.9 Å². The number of nitrogens with zero attached hydrogens (tertiary/aromatic N) is 2. The highest BCUT2D eigenvalue weighted by Gasteiger charge is 2.25. The van der Waals surface area contributed by atoms with Gasteiger partial charge in [-0.25, -0.2) is 0 Å². The Kier molecular flexibility index (Phi) is 5.78. The van der Waals surface area contributed by atoms with Crippen LogP contribution in [0, 0.1) is 5.92 Å². The Balaban J connectivity index is 2.68. The summed E-state index contributed by atoms with van der Waals surface area (Å²) in [5.41, 5.74) is 1.20. The molecule has 2 unspecified atom stereocenters. The first-order chi connectivity index (χ1) is 8.60. The molecule has 18 heavy (non-hydrogen) atoms. The standard InChI is InChI=1S/C14H22N2O2/c1-5-16(10-13-6-8-15-9-7-13)12(3)11(2)14(17)18-4/h6-9,11-12H,5,10H2,1-4H3. The van der Waals surface area contributed by atoms with Crippen molar-refractivity contribution in [2.75, 3.05) is 13.7 Å². The van der Waals surface area contributed by atoms with Crippen LogP contribution in [0.15, 0.2) is 24.5 Å². The van der Waals surface area contributed by atoms with Crippen LogP contribution in [-0.4, -0.2) is 35.5 Å². The quantitative estimate of drug-likeness (QED) is 0.725. The molecule has 1 aromatic rings. The first-order valence-corrected chi connectivity index (χ1v) is 6.30. The van der Waals surface area contributed by atoms with E-state index >= 15 is 0 Å². The van der Waals surface area contributed by atoms with E-state index in [1.807, 2.05) is 19.1 Å². The number of carbonyl (C=O) groups is 1. The second-order valence-electron chi connectivity index (χ2n) is 4.47. The first-order valence-electron chi connectivity index (χ1n) is 6.30. The summed E-state index contributed by atoms with van der Waals surface area (Å²) in [7, 11) is 1.44. The second kappa shape index (κ2) is 7.11. The van der Waals surface area contributed by atoms with Crippen LogP contribution in [0.25, 0.3) is 0 Å². The maximum absolute atomic E-state index is 11.6. The lowest BCUT2D eigenvalue weighted by Crippen LogP contribution is -2.40. The number of esters is 1. The molecule has 1 heterocycles. The van der Waals surface area contributed by atoms with E-state index in [2.05, 4.69) is 23.7 Å². The largest absolute Gasteiger partial charge is 0.469 e. The van der Waals surface area contributed by atoms with E-state index in [0.717, 1.165) is 13.1 Å². The predicted octanol–water partition coefficient (Wildman–Crippen LogP) is 2.10. The molecule has 100 valence electrons. The van der Waals surface area contributed by atoms with Crippen LogP contribution in [0.1, 0.15) is 26.3 Å². The predicted molar refractivity (Wildman–Crippen MR) is 71.0 cm³/mol. The zero-order valence-corrected chi connectivity index (χ0v) is 11.6. The number of carbonyl (C=O) groups excluding carboxylic acids is 1. The zero-order valence-electron chi connectivity index (χ0n) is 11.6. The molecule has 1 aromatic heterocycles. The van der Waals surface area contributed by atoms with Gasteiger partial charge in [0.05, 0.1) is 13.0 Å². The van der Waals surface area contributed by atoms with Crippen molar-refractivity contribution in [2.45, 2.75) is 33.4 Å². The summed E-state index contributed by atoms with van der Waals surface area (Å²) in [5, 5.41) is 0. The van der Waals surface area contributed by atoms with Crippen molar-refractivity contribution in [3.8, 4) is 0 Å². The third-order valence-electron chi connectivity index (χ3n) is 3.41. The molecule has 0 aliphatic heterocycles. The Morgan fingerprint density at radius 1 is 1.39 bits per heavy atom. The molecule has 0 aliphatic carbocycles. The SMILES string of the molecule is CCN(Cc1ccncc1)C(C)C(C)C(=O)OC. The Morgan fingerprint density at radius 3 is 2.50 bits per heavy atom. The smallest absolute Gasteiger partial charge is 0.309 e. The summed E-state index contributed by atoms with van der Waals surface area (Å²) in [4.78, 5) is 17.8. The average molecular weight is 250 g/mol. The van der Waals surface area contributed by atoms with Crippen LogP contribution in [0.4, 0.5) is 0 Å². The second-order valence-corrected chi connectivity index (χ2v) is 4.47. The highest BCUT2D eigenvalue weighted by Crippen LogP contribution is 2.15. The highest BCUT2D eigenvalue weighted by atomic mass is 16.5. The molecule has 4 nitrogen and oxygen atoms in total. The van der Waals surface area contributed by atoms with Gasteiger partial charge in [-0.05, 0) is 31.2 Å². The van der Waals surface area contributed by atoms with Crippen LogP contribution in [0.3, 0.4) is 0 Å². The Morgan fingerprint density at radius 2 is 2.00 bits per heavy atom. The summed E-state index contributed by atoms with van der Waals surface area (Å²) >= 11 is 0. The van der Waals surface area contributed by atoms with Gasteiger partial charge in [-0.1, -0.05) is 13.8 Å². The molecule has 2 atom stereocenters. The Bertz CT molecular complexity index is 367. The first kappa shape index (κ1) is 14.6. The van der Waals surface area contributed by atoms with Gasteiger partial charge in [0.15, 0.2) is 0 Å². The van der Waals surface area contributed by atoms with Crippen LogP contribution < -0.4 is 0 Å². The van der Waals surface area contributed by atoms with Crippen molar-refractivity contribution in [1.29, 1.82) is 0 Å². The van der Waals surface area contributed by atoms with Gasteiger partial charge < -0.3 is 4.74 Å². The fourth-order valence-corrected chi connectivity index (χ4v) is 1.97. The number of hydrogen-bond acceptors (Lipinski definition) is 4. The Hall–Kier alpha value is -1.42.